The minimum atomic E-state index is -4.15. The summed E-state index contributed by atoms with van der Waals surface area (Å²) in [4.78, 5) is 26.2. The molecule has 3 aromatic carbocycles. The molecule has 13 heteroatoms. The second-order valence-corrected chi connectivity index (χ2v) is 20.3. The smallest absolute Gasteiger partial charge is 0.269 e. The van der Waals surface area contributed by atoms with E-state index in [9.17, 15) is 23.3 Å². The van der Waals surface area contributed by atoms with Crippen molar-refractivity contribution >= 4 is 52.9 Å². The van der Waals surface area contributed by atoms with Crippen LogP contribution in [0.3, 0.4) is 0 Å². The Hall–Kier alpha value is -3.29. The van der Waals surface area contributed by atoms with Crippen LogP contribution in [0.2, 0.25) is 23.2 Å². The molecule has 1 aliphatic heterocycles. The lowest BCUT2D eigenvalue weighted by atomic mass is 10.1. The van der Waals surface area contributed by atoms with E-state index in [1.165, 1.54) is 28.6 Å². The lowest BCUT2D eigenvalue weighted by molar-refractivity contribution is -0.384. The van der Waals surface area contributed by atoms with Gasteiger partial charge in [-0.2, -0.15) is 4.31 Å². The zero-order chi connectivity index (χ0) is 33.9. The molecule has 0 spiro atoms. The van der Waals surface area contributed by atoms with Crippen molar-refractivity contribution in [2.45, 2.75) is 76.2 Å². The van der Waals surface area contributed by atoms with Gasteiger partial charge in [0.2, 0.25) is 10.0 Å². The van der Waals surface area contributed by atoms with Crippen molar-refractivity contribution in [3.05, 3.63) is 93.0 Å². The summed E-state index contributed by atoms with van der Waals surface area (Å²) in [7, 11) is -6.38. The van der Waals surface area contributed by atoms with Gasteiger partial charge in [0, 0.05) is 49.2 Å². The van der Waals surface area contributed by atoms with Gasteiger partial charge >= 0.3 is 0 Å². The number of carbonyl (C=O) groups is 1. The Morgan fingerprint density at radius 2 is 1.72 bits per heavy atom. The topological polar surface area (TPSA) is 122 Å². The zero-order valence-electron chi connectivity index (χ0n) is 27.2. The molecule has 1 heterocycles. The van der Waals surface area contributed by atoms with Crippen LogP contribution < -0.4 is 10.2 Å². The summed E-state index contributed by atoms with van der Waals surface area (Å²) in [6, 6.07) is 16.6. The van der Waals surface area contributed by atoms with Crippen molar-refractivity contribution in [2.75, 3.05) is 29.9 Å². The predicted molar refractivity (Wildman–Crippen MR) is 186 cm³/mol. The first-order valence-electron chi connectivity index (χ1n) is 15.4. The fourth-order valence-corrected chi connectivity index (χ4v) is 7.93. The number of non-ortho nitro benzene ring substituents is 1. The molecule has 1 N–H and O–H groups in total. The van der Waals surface area contributed by atoms with Gasteiger partial charge in [-0.15, -0.1) is 0 Å². The van der Waals surface area contributed by atoms with Crippen molar-refractivity contribution in [3.63, 3.8) is 0 Å². The fourth-order valence-electron chi connectivity index (χ4n) is 4.98. The number of nitro groups is 1. The minimum Gasteiger partial charge on any atom is -0.415 e. The molecule has 0 aromatic heterocycles. The van der Waals surface area contributed by atoms with E-state index >= 15 is 0 Å². The van der Waals surface area contributed by atoms with E-state index in [2.05, 4.69) is 44.1 Å². The van der Waals surface area contributed by atoms with Gasteiger partial charge in [-0.25, -0.2) is 8.42 Å². The third-order valence-corrected chi connectivity index (χ3v) is 15.7. The van der Waals surface area contributed by atoms with Gasteiger partial charge in [0.15, 0.2) is 8.32 Å². The molecule has 1 aliphatic rings. The largest absolute Gasteiger partial charge is 0.415 e. The molecule has 248 valence electrons. The highest BCUT2D eigenvalue weighted by molar-refractivity contribution is 7.89. The highest BCUT2D eigenvalue weighted by atomic mass is 35.5. The van der Waals surface area contributed by atoms with E-state index in [4.69, 9.17) is 16.0 Å². The Labute approximate surface area is 278 Å². The molecule has 0 bridgehead atoms. The summed E-state index contributed by atoms with van der Waals surface area (Å²) >= 11 is 6.57. The molecule has 1 atom stereocenters. The van der Waals surface area contributed by atoms with Crippen LogP contribution in [0.4, 0.5) is 17.1 Å². The number of hydrogen-bond acceptors (Lipinski definition) is 7. The van der Waals surface area contributed by atoms with E-state index in [-0.39, 0.29) is 28.8 Å². The highest BCUT2D eigenvalue weighted by Crippen LogP contribution is 2.37. The maximum absolute atomic E-state index is 14.1. The number of sulfonamides is 1. The molecule has 1 amide bonds. The van der Waals surface area contributed by atoms with Crippen LogP contribution in [0.25, 0.3) is 0 Å². The van der Waals surface area contributed by atoms with E-state index < -0.39 is 35.2 Å². The molecular weight excluding hydrogens is 644 g/mol. The van der Waals surface area contributed by atoms with Gasteiger partial charge in [0.1, 0.15) is 0 Å². The lowest BCUT2D eigenvalue weighted by Gasteiger charge is -2.38. The Bertz CT molecular complexity index is 1670. The Kier molecular flexibility index (Phi) is 11.0. The molecule has 1 saturated heterocycles. The van der Waals surface area contributed by atoms with Crippen molar-refractivity contribution < 1.29 is 22.6 Å². The first kappa shape index (κ1) is 35.6. The molecule has 46 heavy (non-hydrogen) atoms. The average Bonchev–Trinajstić information content (AvgIpc) is 3.54. The average molecular weight is 687 g/mol. The van der Waals surface area contributed by atoms with Crippen molar-refractivity contribution in [1.29, 1.82) is 0 Å². The first-order valence-corrected chi connectivity index (χ1v) is 20.1. The number of amides is 1. The first-order chi connectivity index (χ1) is 21.5. The van der Waals surface area contributed by atoms with Gasteiger partial charge in [-0.05, 0) is 79.9 Å². The van der Waals surface area contributed by atoms with Crippen LogP contribution in [0.5, 0.6) is 0 Å². The predicted octanol–water partition coefficient (Wildman–Crippen LogP) is 7.70. The van der Waals surface area contributed by atoms with Crippen LogP contribution in [-0.4, -0.2) is 57.6 Å². The van der Waals surface area contributed by atoms with Crippen LogP contribution in [0.1, 0.15) is 56.5 Å². The van der Waals surface area contributed by atoms with E-state index in [0.29, 0.717) is 21.8 Å². The number of benzene rings is 3. The summed E-state index contributed by atoms with van der Waals surface area (Å²) in [5.74, 6) is -0.412. The number of rotatable bonds is 12. The standard InChI is InChI=1S/C33H43ClN4O6SSi/c1-24(23-44-46(5,6)33(2,3)4)37(45(42,43)28-16-13-26(14-17-28)38(40)41)22-25-11-7-8-12-31(25)35-32(39)29-18-15-27(21-30(29)34)36-19-9-10-20-36/h7-8,11-18,21,24H,9-10,19-20,22-23H2,1-6H3,(H,35,39)/t24-/m1/s1. The summed E-state index contributed by atoms with van der Waals surface area (Å²) in [6.45, 7) is 14.3. The monoisotopic (exact) mass is 686 g/mol. The second kappa shape index (κ2) is 14.2. The number of nitrogens with one attached hydrogen (secondary N) is 1. The number of nitrogens with zero attached hydrogens (tertiary/aromatic N) is 3. The molecule has 0 radical (unpaired) electrons. The van der Waals surface area contributed by atoms with Gasteiger partial charge in [-0.1, -0.05) is 50.6 Å². The van der Waals surface area contributed by atoms with E-state index in [1.54, 1.807) is 43.3 Å². The highest BCUT2D eigenvalue weighted by Gasteiger charge is 2.39. The Morgan fingerprint density at radius 1 is 1.09 bits per heavy atom. The normalized spacial score (nSPS) is 14.8. The summed E-state index contributed by atoms with van der Waals surface area (Å²) in [5.41, 5.74) is 2.07. The molecule has 3 aromatic rings. The van der Waals surface area contributed by atoms with Gasteiger partial charge in [0.25, 0.3) is 11.6 Å². The number of nitro benzene ring substituents is 1. The van der Waals surface area contributed by atoms with Crippen molar-refractivity contribution in [2.24, 2.45) is 0 Å². The molecule has 1 fully saturated rings. The molecular formula is C33H43ClN4O6SSi. The number of hydrogen-bond donors (Lipinski definition) is 1. The van der Waals surface area contributed by atoms with Crippen LogP contribution in [0, 0.1) is 10.1 Å². The molecule has 0 saturated carbocycles. The van der Waals surface area contributed by atoms with Crippen LogP contribution >= 0.6 is 11.6 Å². The Balaban J connectivity index is 1.64. The molecule has 0 aliphatic carbocycles. The van der Waals surface area contributed by atoms with Crippen molar-refractivity contribution in [3.8, 4) is 0 Å². The van der Waals surface area contributed by atoms with Gasteiger partial charge in [-0.3, -0.25) is 14.9 Å². The zero-order valence-corrected chi connectivity index (χ0v) is 29.8. The summed E-state index contributed by atoms with van der Waals surface area (Å²) in [5, 5.41) is 14.4. The number of carbonyl (C=O) groups excluding carboxylic acids is 1. The third-order valence-electron chi connectivity index (χ3n) is 8.90. The lowest BCUT2D eigenvalue weighted by Crippen LogP contribution is -2.46. The molecule has 10 nitrogen and oxygen atoms in total. The molecule has 4 rings (SSSR count). The van der Waals surface area contributed by atoms with Crippen LogP contribution in [0.15, 0.2) is 71.6 Å². The van der Waals surface area contributed by atoms with E-state index in [0.717, 1.165) is 31.6 Å². The number of para-hydroxylation sites is 1. The Morgan fingerprint density at radius 3 is 2.30 bits per heavy atom. The summed E-state index contributed by atoms with van der Waals surface area (Å²) in [6.07, 6.45) is 2.24. The van der Waals surface area contributed by atoms with Gasteiger partial charge in [0.05, 0.1) is 27.0 Å². The minimum absolute atomic E-state index is 0.0799. The SMILES string of the molecule is C[C@H](CO[Si](C)(C)C(C)(C)C)N(Cc1ccccc1NC(=O)c1ccc(N2CCCC2)cc1Cl)S(=O)(=O)c1ccc([N+](=O)[O-])cc1. The second-order valence-electron chi connectivity index (χ2n) is 13.2. The summed E-state index contributed by atoms with van der Waals surface area (Å²) < 4.78 is 36.0. The van der Waals surface area contributed by atoms with Crippen molar-refractivity contribution in [1.82, 2.24) is 4.31 Å². The number of anilines is 2. The maximum atomic E-state index is 14.1. The fraction of sp³-hybridized carbons (Fsp3) is 0.424. The quantitative estimate of drug-likeness (QED) is 0.118. The maximum Gasteiger partial charge on any atom is 0.269 e. The third kappa shape index (κ3) is 8.16. The molecule has 0 unspecified atom stereocenters. The number of halogens is 1. The van der Waals surface area contributed by atoms with E-state index in [1.807, 2.05) is 6.07 Å². The van der Waals surface area contributed by atoms with Gasteiger partial charge < -0.3 is 14.6 Å². The van der Waals surface area contributed by atoms with Crippen LogP contribution in [-0.2, 0) is 21.0 Å².